The van der Waals surface area contributed by atoms with E-state index in [0.29, 0.717) is 26.3 Å². The van der Waals surface area contributed by atoms with E-state index in [9.17, 15) is 9.59 Å². The Bertz CT molecular complexity index is 591. The van der Waals surface area contributed by atoms with Gasteiger partial charge in [0.2, 0.25) is 0 Å². The number of morpholine rings is 1. The first-order valence-corrected chi connectivity index (χ1v) is 7.62. The van der Waals surface area contributed by atoms with Crippen LogP contribution in [0.3, 0.4) is 0 Å². The van der Waals surface area contributed by atoms with Gasteiger partial charge in [0.1, 0.15) is 0 Å². The predicted molar refractivity (Wildman–Crippen MR) is 81.5 cm³/mol. The maximum absolute atomic E-state index is 12.2. The number of pyridine rings is 1. The lowest BCUT2D eigenvalue weighted by Gasteiger charge is -2.28. The molecular formula is C13H13Cl3N2O4. The standard InChI is InChI=1S/C13H13Cl3N2O4/c1-7(12(19)18-2-4-21-5-3-18)22-13(20)11-10(16)9(15)8(14)6-17-11/h6-7H,2-5H2,1H3. The summed E-state index contributed by atoms with van der Waals surface area (Å²) < 4.78 is 10.3. The van der Waals surface area contributed by atoms with Crippen LogP contribution in [0.5, 0.6) is 0 Å². The Balaban J connectivity index is 2.05. The molecule has 0 N–H and O–H groups in total. The number of amides is 1. The number of esters is 1. The van der Waals surface area contributed by atoms with Gasteiger partial charge in [0.25, 0.3) is 5.91 Å². The van der Waals surface area contributed by atoms with Crippen LogP contribution in [0.2, 0.25) is 15.1 Å². The van der Waals surface area contributed by atoms with Crippen LogP contribution < -0.4 is 0 Å². The SMILES string of the molecule is CC(OC(=O)c1ncc(Cl)c(Cl)c1Cl)C(=O)N1CCOCC1. The third-order valence-corrected chi connectivity index (χ3v) is 4.31. The zero-order valence-corrected chi connectivity index (χ0v) is 13.9. The third kappa shape index (κ3) is 3.81. The third-order valence-electron chi connectivity index (χ3n) is 3.06. The van der Waals surface area contributed by atoms with Gasteiger partial charge < -0.3 is 14.4 Å². The lowest BCUT2D eigenvalue weighted by atomic mass is 10.3. The molecule has 22 heavy (non-hydrogen) atoms. The van der Waals surface area contributed by atoms with Crippen LogP contribution in [0, 0.1) is 0 Å². The first-order valence-electron chi connectivity index (χ1n) is 6.48. The van der Waals surface area contributed by atoms with E-state index in [1.807, 2.05) is 0 Å². The van der Waals surface area contributed by atoms with Gasteiger partial charge >= 0.3 is 5.97 Å². The molecule has 1 fully saturated rings. The highest BCUT2D eigenvalue weighted by Gasteiger charge is 2.27. The minimum Gasteiger partial charge on any atom is -0.448 e. The molecule has 120 valence electrons. The van der Waals surface area contributed by atoms with Gasteiger partial charge in [0.05, 0.1) is 28.3 Å². The van der Waals surface area contributed by atoms with Crippen LogP contribution in [0.1, 0.15) is 17.4 Å². The Morgan fingerprint density at radius 2 is 1.91 bits per heavy atom. The summed E-state index contributed by atoms with van der Waals surface area (Å²) in [5, 5.41) is 0.0308. The van der Waals surface area contributed by atoms with Crippen molar-refractivity contribution >= 4 is 46.7 Å². The largest absolute Gasteiger partial charge is 0.448 e. The molecule has 2 rings (SSSR count). The maximum Gasteiger partial charge on any atom is 0.359 e. The first kappa shape index (κ1) is 17.3. The number of nitrogens with zero attached hydrogens (tertiary/aromatic N) is 2. The number of hydrogen-bond donors (Lipinski definition) is 0. The van der Waals surface area contributed by atoms with E-state index in [0.717, 1.165) is 0 Å². The second-order valence-corrected chi connectivity index (χ2v) is 5.73. The van der Waals surface area contributed by atoms with E-state index in [1.165, 1.54) is 13.1 Å². The highest BCUT2D eigenvalue weighted by atomic mass is 35.5. The van der Waals surface area contributed by atoms with Crippen molar-refractivity contribution in [1.82, 2.24) is 9.88 Å². The average molecular weight is 368 g/mol. The smallest absolute Gasteiger partial charge is 0.359 e. The van der Waals surface area contributed by atoms with Gasteiger partial charge in [-0.15, -0.1) is 0 Å². The summed E-state index contributed by atoms with van der Waals surface area (Å²) in [5.41, 5.74) is -0.183. The molecule has 1 aromatic heterocycles. The van der Waals surface area contributed by atoms with E-state index < -0.39 is 12.1 Å². The Morgan fingerprint density at radius 1 is 1.27 bits per heavy atom. The Kier molecular flexibility index (Phi) is 5.86. The normalized spacial score (nSPS) is 16.3. The Hall–Kier alpha value is -1.08. The average Bonchev–Trinajstić information content (AvgIpc) is 2.52. The molecule has 0 saturated carbocycles. The molecule has 0 bridgehead atoms. The van der Waals surface area contributed by atoms with E-state index in [2.05, 4.69) is 4.98 Å². The Labute approximate surface area is 142 Å². The maximum atomic E-state index is 12.2. The molecule has 1 aromatic rings. The second-order valence-electron chi connectivity index (χ2n) is 4.57. The summed E-state index contributed by atoms with van der Waals surface area (Å²) in [5.74, 6) is -1.13. The van der Waals surface area contributed by atoms with Crippen molar-refractivity contribution in [3.63, 3.8) is 0 Å². The molecule has 0 radical (unpaired) electrons. The molecule has 2 heterocycles. The van der Waals surface area contributed by atoms with Crippen molar-refractivity contribution in [3.8, 4) is 0 Å². The van der Waals surface area contributed by atoms with Crippen molar-refractivity contribution in [2.75, 3.05) is 26.3 Å². The summed E-state index contributed by atoms with van der Waals surface area (Å²) in [4.78, 5) is 29.6. The van der Waals surface area contributed by atoms with Crippen LogP contribution in [-0.4, -0.2) is 54.2 Å². The first-order chi connectivity index (χ1) is 10.4. The van der Waals surface area contributed by atoms with Gasteiger partial charge in [0, 0.05) is 19.3 Å². The molecule has 0 aliphatic carbocycles. The van der Waals surface area contributed by atoms with Gasteiger partial charge in [-0.2, -0.15) is 0 Å². The highest BCUT2D eigenvalue weighted by Crippen LogP contribution is 2.31. The zero-order valence-electron chi connectivity index (χ0n) is 11.6. The summed E-state index contributed by atoms with van der Waals surface area (Å²) in [6, 6.07) is 0. The van der Waals surface area contributed by atoms with Crippen LogP contribution >= 0.6 is 34.8 Å². The van der Waals surface area contributed by atoms with Gasteiger partial charge in [-0.3, -0.25) is 4.79 Å². The van der Waals surface area contributed by atoms with Crippen molar-refractivity contribution in [2.45, 2.75) is 13.0 Å². The van der Waals surface area contributed by atoms with Crippen LogP contribution in [0.4, 0.5) is 0 Å². The molecule has 1 aliphatic rings. The number of carbonyl (C=O) groups is 2. The number of ether oxygens (including phenoxy) is 2. The zero-order chi connectivity index (χ0) is 16.3. The van der Waals surface area contributed by atoms with Gasteiger partial charge in [0.15, 0.2) is 11.8 Å². The molecule has 1 atom stereocenters. The summed E-state index contributed by atoms with van der Waals surface area (Å²) in [7, 11) is 0. The fourth-order valence-electron chi connectivity index (χ4n) is 1.89. The lowest BCUT2D eigenvalue weighted by molar-refractivity contribution is -0.143. The molecule has 1 amide bonds. The summed E-state index contributed by atoms with van der Waals surface area (Å²) >= 11 is 17.5. The molecule has 1 saturated heterocycles. The fraction of sp³-hybridized carbons (Fsp3) is 0.462. The molecule has 0 aromatic carbocycles. The minimum atomic E-state index is -0.960. The van der Waals surface area contributed by atoms with Crippen LogP contribution in [0.25, 0.3) is 0 Å². The summed E-state index contributed by atoms with van der Waals surface area (Å²) in [6.07, 6.45) is 0.235. The van der Waals surface area contributed by atoms with E-state index in [-0.39, 0.29) is 26.7 Å². The topological polar surface area (TPSA) is 68.7 Å². The van der Waals surface area contributed by atoms with Crippen molar-refractivity contribution in [1.29, 1.82) is 0 Å². The number of aromatic nitrogens is 1. The highest BCUT2D eigenvalue weighted by molar-refractivity contribution is 6.48. The summed E-state index contributed by atoms with van der Waals surface area (Å²) in [6.45, 7) is 3.35. The fourth-order valence-corrected chi connectivity index (χ4v) is 2.45. The molecule has 0 spiro atoms. The van der Waals surface area contributed by atoms with E-state index in [1.54, 1.807) is 4.90 Å². The number of rotatable bonds is 3. The second kappa shape index (κ2) is 7.46. The number of carbonyl (C=O) groups excluding carboxylic acids is 2. The molecule has 1 aliphatic heterocycles. The van der Waals surface area contributed by atoms with Gasteiger partial charge in [-0.1, -0.05) is 34.8 Å². The van der Waals surface area contributed by atoms with Crippen LogP contribution in [0.15, 0.2) is 6.20 Å². The molecule has 1 unspecified atom stereocenters. The quantitative estimate of drug-likeness (QED) is 0.768. The van der Waals surface area contributed by atoms with Gasteiger partial charge in [-0.25, -0.2) is 9.78 Å². The lowest BCUT2D eigenvalue weighted by Crippen LogP contribution is -2.46. The van der Waals surface area contributed by atoms with Crippen molar-refractivity contribution in [3.05, 3.63) is 27.0 Å². The molecule has 6 nitrogen and oxygen atoms in total. The van der Waals surface area contributed by atoms with Gasteiger partial charge in [-0.05, 0) is 6.92 Å². The van der Waals surface area contributed by atoms with Crippen molar-refractivity contribution in [2.24, 2.45) is 0 Å². The monoisotopic (exact) mass is 366 g/mol. The Morgan fingerprint density at radius 3 is 2.55 bits per heavy atom. The van der Waals surface area contributed by atoms with E-state index in [4.69, 9.17) is 44.3 Å². The number of halogens is 3. The van der Waals surface area contributed by atoms with Crippen molar-refractivity contribution < 1.29 is 19.1 Å². The van der Waals surface area contributed by atoms with Crippen LogP contribution in [-0.2, 0) is 14.3 Å². The van der Waals surface area contributed by atoms with E-state index >= 15 is 0 Å². The number of hydrogen-bond acceptors (Lipinski definition) is 5. The molecular weight excluding hydrogens is 355 g/mol. The minimum absolute atomic E-state index is 0.0115. The molecule has 9 heteroatoms. The predicted octanol–water partition coefficient (Wildman–Crippen LogP) is 2.45.